The molecule has 0 saturated heterocycles. The van der Waals surface area contributed by atoms with Crippen molar-refractivity contribution in [2.45, 2.75) is 11.3 Å². The molecule has 1 N–H and O–H groups in total. The largest absolute Gasteiger partial charge is 0.274 e. The van der Waals surface area contributed by atoms with E-state index in [-0.39, 0.29) is 29.0 Å². The number of rotatable bonds is 5. The predicted octanol–water partition coefficient (Wildman–Crippen LogP) is 1.73. The van der Waals surface area contributed by atoms with E-state index in [4.69, 9.17) is 0 Å². The summed E-state index contributed by atoms with van der Waals surface area (Å²) in [7, 11) is -4.13. The van der Waals surface area contributed by atoms with Gasteiger partial charge in [-0.2, -0.15) is 0 Å². The van der Waals surface area contributed by atoms with Crippen LogP contribution < -0.4 is 4.72 Å². The molecule has 3 amide bonds. The van der Waals surface area contributed by atoms with Crippen LogP contribution in [0.4, 0.5) is 0 Å². The van der Waals surface area contributed by atoms with Crippen LogP contribution in [0.15, 0.2) is 65.8 Å². The lowest BCUT2D eigenvalue weighted by Crippen LogP contribution is -2.36. The van der Waals surface area contributed by atoms with Gasteiger partial charge in [0.05, 0.1) is 16.0 Å². The number of aromatic nitrogens is 1. The van der Waals surface area contributed by atoms with Crippen LogP contribution in [0.5, 0.6) is 0 Å². The standard InChI is InChI=1S/C20H15N3O5S/c24-18(9-11-23-19(25)15-5-1-2-6-16(15)20(23)26)22-29(27,28)17-7-3-4-13-12-21-10-8-14(13)17/h1-8,10,12H,9,11H2,(H,22,24). The zero-order valence-corrected chi connectivity index (χ0v) is 15.8. The number of carbonyl (C=O) groups is 3. The molecule has 1 aliphatic heterocycles. The Hall–Kier alpha value is -3.59. The van der Waals surface area contributed by atoms with E-state index in [1.54, 1.807) is 30.3 Å². The zero-order chi connectivity index (χ0) is 20.6. The van der Waals surface area contributed by atoms with Crippen LogP contribution in [0.2, 0.25) is 0 Å². The van der Waals surface area contributed by atoms with Crippen LogP contribution in [-0.2, 0) is 14.8 Å². The monoisotopic (exact) mass is 409 g/mol. The Morgan fingerprint density at radius 2 is 1.66 bits per heavy atom. The molecule has 0 fully saturated rings. The summed E-state index contributed by atoms with van der Waals surface area (Å²) in [5.41, 5.74) is 0.546. The minimum Gasteiger partial charge on any atom is -0.274 e. The molecule has 0 saturated carbocycles. The van der Waals surface area contributed by atoms with Crippen LogP contribution in [0.25, 0.3) is 10.8 Å². The number of pyridine rings is 1. The van der Waals surface area contributed by atoms with E-state index in [9.17, 15) is 22.8 Å². The fourth-order valence-electron chi connectivity index (χ4n) is 3.24. The summed E-state index contributed by atoms with van der Waals surface area (Å²) in [6.07, 6.45) is 2.65. The van der Waals surface area contributed by atoms with E-state index >= 15 is 0 Å². The molecule has 146 valence electrons. The van der Waals surface area contributed by atoms with Crippen LogP contribution in [0.3, 0.4) is 0 Å². The van der Waals surface area contributed by atoms with Gasteiger partial charge in [-0.15, -0.1) is 0 Å². The van der Waals surface area contributed by atoms with E-state index < -0.39 is 27.7 Å². The molecule has 0 bridgehead atoms. The van der Waals surface area contributed by atoms with Gasteiger partial charge in [0.2, 0.25) is 5.91 Å². The number of nitrogens with one attached hydrogen (secondary N) is 1. The van der Waals surface area contributed by atoms with Crippen molar-refractivity contribution in [2.24, 2.45) is 0 Å². The lowest BCUT2D eigenvalue weighted by atomic mass is 10.1. The quantitative estimate of drug-likeness (QED) is 0.642. The highest BCUT2D eigenvalue weighted by Gasteiger charge is 2.35. The number of amides is 3. The van der Waals surface area contributed by atoms with E-state index in [0.29, 0.717) is 10.8 Å². The number of nitrogens with zero attached hydrogens (tertiary/aromatic N) is 2. The van der Waals surface area contributed by atoms with Gasteiger partial charge in [0.25, 0.3) is 21.8 Å². The SMILES string of the molecule is O=C(CCN1C(=O)c2ccccc2C1=O)NS(=O)(=O)c1cccc2cnccc12. The van der Waals surface area contributed by atoms with Crippen molar-refractivity contribution in [3.8, 4) is 0 Å². The third-order valence-electron chi connectivity index (χ3n) is 4.62. The maximum absolute atomic E-state index is 12.7. The summed E-state index contributed by atoms with van der Waals surface area (Å²) >= 11 is 0. The molecule has 0 unspecified atom stereocenters. The summed E-state index contributed by atoms with van der Waals surface area (Å²) < 4.78 is 27.3. The molecule has 9 heteroatoms. The van der Waals surface area contributed by atoms with Crippen molar-refractivity contribution >= 4 is 38.5 Å². The summed E-state index contributed by atoms with van der Waals surface area (Å²) in [6.45, 7) is -0.215. The Kier molecular flexibility index (Phi) is 4.59. The van der Waals surface area contributed by atoms with E-state index in [0.717, 1.165) is 4.90 Å². The fraction of sp³-hybridized carbons (Fsp3) is 0.100. The second kappa shape index (κ2) is 7.10. The Bertz CT molecular complexity index is 1230. The lowest BCUT2D eigenvalue weighted by Gasteiger charge is -2.14. The van der Waals surface area contributed by atoms with Crippen molar-refractivity contribution in [1.29, 1.82) is 0 Å². The van der Waals surface area contributed by atoms with Gasteiger partial charge in [0.15, 0.2) is 0 Å². The topological polar surface area (TPSA) is 114 Å². The molecule has 8 nitrogen and oxygen atoms in total. The van der Waals surface area contributed by atoms with Crippen molar-refractivity contribution in [3.63, 3.8) is 0 Å². The molecule has 1 aliphatic rings. The third-order valence-corrected chi connectivity index (χ3v) is 6.05. The molecule has 0 radical (unpaired) electrons. The first-order valence-corrected chi connectivity index (χ1v) is 10.2. The molecule has 2 heterocycles. The number of sulfonamides is 1. The minimum absolute atomic E-state index is 0.0496. The Morgan fingerprint density at radius 3 is 2.34 bits per heavy atom. The Balaban J connectivity index is 1.48. The van der Waals surface area contributed by atoms with Crippen LogP contribution >= 0.6 is 0 Å². The van der Waals surface area contributed by atoms with Crippen molar-refractivity contribution in [1.82, 2.24) is 14.6 Å². The molecule has 4 rings (SSSR count). The number of carbonyl (C=O) groups excluding carboxylic acids is 3. The summed E-state index contributed by atoms with van der Waals surface area (Å²) in [4.78, 5) is 41.7. The maximum Gasteiger partial charge on any atom is 0.264 e. The normalized spacial score (nSPS) is 13.6. The fourth-order valence-corrected chi connectivity index (χ4v) is 4.48. The number of hydrogen-bond acceptors (Lipinski definition) is 6. The zero-order valence-electron chi connectivity index (χ0n) is 15.0. The average Bonchev–Trinajstić information content (AvgIpc) is 2.96. The second-order valence-corrected chi connectivity index (χ2v) is 8.09. The van der Waals surface area contributed by atoms with Crippen molar-refractivity contribution in [3.05, 3.63) is 72.1 Å². The van der Waals surface area contributed by atoms with Gasteiger partial charge in [-0.3, -0.25) is 24.3 Å². The molecule has 2 aromatic carbocycles. The van der Waals surface area contributed by atoms with Gasteiger partial charge in [-0.05, 0) is 24.3 Å². The molecule has 0 spiro atoms. The van der Waals surface area contributed by atoms with Crippen molar-refractivity contribution in [2.75, 3.05) is 6.54 Å². The first kappa shape index (κ1) is 18.8. The second-order valence-electron chi connectivity index (χ2n) is 6.44. The molecule has 0 atom stereocenters. The predicted molar refractivity (Wildman–Crippen MR) is 103 cm³/mol. The molecule has 3 aromatic rings. The molecular formula is C20H15N3O5S. The Morgan fingerprint density at radius 1 is 0.966 bits per heavy atom. The van der Waals surface area contributed by atoms with Gasteiger partial charge in [0.1, 0.15) is 0 Å². The third kappa shape index (κ3) is 3.36. The summed E-state index contributed by atoms with van der Waals surface area (Å²) in [6, 6.07) is 12.6. The van der Waals surface area contributed by atoms with Gasteiger partial charge in [0, 0.05) is 36.1 Å². The van der Waals surface area contributed by atoms with Crippen LogP contribution in [-0.4, -0.2) is 42.6 Å². The van der Waals surface area contributed by atoms with Gasteiger partial charge < -0.3 is 0 Å². The first-order valence-electron chi connectivity index (χ1n) is 8.72. The molecular weight excluding hydrogens is 394 g/mol. The maximum atomic E-state index is 12.7. The number of benzene rings is 2. The highest BCUT2D eigenvalue weighted by atomic mass is 32.2. The summed E-state index contributed by atoms with van der Waals surface area (Å²) in [5.74, 6) is -1.81. The minimum atomic E-state index is -4.13. The number of fused-ring (bicyclic) bond motifs is 2. The molecule has 29 heavy (non-hydrogen) atoms. The highest BCUT2D eigenvalue weighted by molar-refractivity contribution is 7.90. The Labute approximate surface area is 166 Å². The van der Waals surface area contributed by atoms with E-state index in [1.165, 1.54) is 30.6 Å². The first-order chi connectivity index (χ1) is 13.9. The van der Waals surface area contributed by atoms with Gasteiger partial charge in [-0.25, -0.2) is 13.1 Å². The summed E-state index contributed by atoms with van der Waals surface area (Å²) in [5, 5.41) is 1.05. The molecule has 1 aromatic heterocycles. The lowest BCUT2D eigenvalue weighted by molar-refractivity contribution is -0.119. The van der Waals surface area contributed by atoms with E-state index in [1.807, 2.05) is 4.72 Å². The van der Waals surface area contributed by atoms with Gasteiger partial charge in [-0.1, -0.05) is 24.3 Å². The van der Waals surface area contributed by atoms with Crippen LogP contribution in [0.1, 0.15) is 27.1 Å². The number of imide groups is 1. The number of hydrogen-bond donors (Lipinski definition) is 1. The molecule has 0 aliphatic carbocycles. The average molecular weight is 409 g/mol. The van der Waals surface area contributed by atoms with Crippen molar-refractivity contribution < 1.29 is 22.8 Å². The highest BCUT2D eigenvalue weighted by Crippen LogP contribution is 2.23. The van der Waals surface area contributed by atoms with E-state index in [2.05, 4.69) is 4.98 Å². The van der Waals surface area contributed by atoms with Gasteiger partial charge >= 0.3 is 0 Å². The smallest absolute Gasteiger partial charge is 0.264 e. The van der Waals surface area contributed by atoms with Crippen LogP contribution in [0, 0.1) is 0 Å².